The van der Waals surface area contributed by atoms with Crippen LogP contribution in [0.5, 0.6) is 0 Å². The number of H-pyrrole nitrogens is 1. The van der Waals surface area contributed by atoms with E-state index < -0.39 is 0 Å². The zero-order chi connectivity index (χ0) is 22.8. The number of benzene rings is 2. The van der Waals surface area contributed by atoms with Crippen LogP contribution in [0.2, 0.25) is 0 Å². The van der Waals surface area contributed by atoms with E-state index in [-0.39, 0.29) is 11.5 Å². The van der Waals surface area contributed by atoms with Gasteiger partial charge in [-0.3, -0.25) is 14.6 Å². The van der Waals surface area contributed by atoms with Gasteiger partial charge in [0.2, 0.25) is 5.91 Å². The van der Waals surface area contributed by atoms with Crippen molar-refractivity contribution in [2.75, 3.05) is 40.3 Å². The first-order valence-electron chi connectivity index (χ1n) is 12.4. The summed E-state index contributed by atoms with van der Waals surface area (Å²) in [6, 6.07) is 19.6. The Kier molecular flexibility index (Phi) is 6.26. The highest BCUT2D eigenvalue weighted by Gasteiger charge is 2.40. The maximum absolute atomic E-state index is 13.5. The predicted molar refractivity (Wildman–Crippen MR) is 134 cm³/mol. The number of carbonyl (C=O) groups is 1. The van der Waals surface area contributed by atoms with E-state index in [1.165, 1.54) is 22.0 Å². The van der Waals surface area contributed by atoms with Crippen LogP contribution in [0.15, 0.2) is 60.8 Å². The molecule has 0 bridgehead atoms. The van der Waals surface area contributed by atoms with Crippen LogP contribution in [-0.2, 0) is 16.9 Å². The van der Waals surface area contributed by atoms with Crippen LogP contribution in [0.3, 0.4) is 0 Å². The molecule has 33 heavy (non-hydrogen) atoms. The number of piperidine rings is 2. The van der Waals surface area contributed by atoms with Crippen molar-refractivity contribution in [2.24, 2.45) is 5.92 Å². The molecule has 2 aliphatic rings. The highest BCUT2D eigenvalue weighted by atomic mass is 16.2. The molecule has 174 valence electrons. The molecule has 2 fully saturated rings. The van der Waals surface area contributed by atoms with Crippen LogP contribution in [0.25, 0.3) is 10.9 Å². The summed E-state index contributed by atoms with van der Waals surface area (Å²) in [5.74, 6) is 0.486. The molecule has 5 rings (SSSR count). The molecule has 0 spiro atoms. The van der Waals surface area contributed by atoms with E-state index in [1.807, 2.05) is 6.20 Å². The first kappa shape index (κ1) is 22.2. The second-order valence-corrected chi connectivity index (χ2v) is 10.1. The molecule has 2 aromatic carbocycles. The lowest BCUT2D eigenvalue weighted by atomic mass is 9.79. The van der Waals surface area contributed by atoms with Gasteiger partial charge < -0.3 is 9.88 Å². The zero-order valence-corrected chi connectivity index (χ0v) is 20.0. The molecule has 0 radical (unpaired) electrons. The lowest BCUT2D eigenvalue weighted by Gasteiger charge is -2.47. The molecular weight excluding hydrogens is 408 g/mol. The van der Waals surface area contributed by atoms with E-state index in [2.05, 4.69) is 88.4 Å². The summed E-state index contributed by atoms with van der Waals surface area (Å²) in [6.07, 6.45) is 6.08. The van der Waals surface area contributed by atoms with Crippen molar-refractivity contribution in [3.05, 3.63) is 71.9 Å². The van der Waals surface area contributed by atoms with Crippen molar-refractivity contribution in [1.82, 2.24) is 19.7 Å². The van der Waals surface area contributed by atoms with E-state index in [4.69, 9.17) is 0 Å². The van der Waals surface area contributed by atoms with Crippen molar-refractivity contribution in [3.8, 4) is 0 Å². The molecule has 1 N–H and O–H groups in total. The molecule has 1 unspecified atom stereocenters. The van der Waals surface area contributed by atoms with Gasteiger partial charge in [0.15, 0.2) is 0 Å². The molecule has 3 aromatic rings. The van der Waals surface area contributed by atoms with Crippen LogP contribution in [0.1, 0.15) is 36.8 Å². The maximum atomic E-state index is 13.5. The van der Waals surface area contributed by atoms with Crippen molar-refractivity contribution < 1.29 is 4.79 Å². The molecule has 0 saturated carbocycles. The number of likely N-dealkylation sites (tertiary alicyclic amines) is 2. The van der Waals surface area contributed by atoms with E-state index in [9.17, 15) is 4.79 Å². The quantitative estimate of drug-likeness (QED) is 0.632. The van der Waals surface area contributed by atoms with Gasteiger partial charge in [-0.05, 0) is 81.0 Å². The summed E-state index contributed by atoms with van der Waals surface area (Å²) in [5.41, 5.74) is 3.89. The molecule has 5 heteroatoms. The summed E-state index contributed by atoms with van der Waals surface area (Å²) in [6.45, 7) is 4.55. The number of hydrogen-bond acceptors (Lipinski definition) is 3. The van der Waals surface area contributed by atoms with E-state index in [1.54, 1.807) is 0 Å². The highest BCUT2D eigenvalue weighted by Crippen LogP contribution is 2.38. The van der Waals surface area contributed by atoms with Crippen molar-refractivity contribution in [1.29, 1.82) is 0 Å². The number of nitrogens with one attached hydrogen (secondary N) is 1. The Balaban J connectivity index is 1.21. The standard InChI is InChI=1S/C28H36N4O/c1-30(2)28(25-8-4-3-5-9-25)13-17-32(18-14-28)27(33)24-7-6-16-31(21-24)20-22-10-11-26-23(19-22)12-15-29-26/h3-5,8-12,15,19,24,29H,6-7,13-14,16-18,20-21H2,1-2H3. The van der Waals surface area contributed by atoms with Crippen LogP contribution in [0, 0.1) is 5.92 Å². The van der Waals surface area contributed by atoms with Gasteiger partial charge in [-0.25, -0.2) is 0 Å². The fraction of sp³-hybridized carbons (Fsp3) is 0.464. The predicted octanol–water partition coefficient (Wildman–Crippen LogP) is 4.46. The lowest BCUT2D eigenvalue weighted by Crippen LogP contribution is -2.54. The molecule has 5 nitrogen and oxygen atoms in total. The van der Waals surface area contributed by atoms with E-state index in [0.717, 1.165) is 58.4 Å². The minimum atomic E-state index is 0.0213. The molecule has 0 aliphatic carbocycles. The third-order valence-electron chi connectivity index (χ3n) is 7.95. The van der Waals surface area contributed by atoms with E-state index in [0.29, 0.717) is 5.91 Å². The summed E-state index contributed by atoms with van der Waals surface area (Å²) >= 11 is 0. The monoisotopic (exact) mass is 444 g/mol. The minimum absolute atomic E-state index is 0.0213. The average Bonchev–Trinajstić information content (AvgIpc) is 3.32. The molecule has 2 saturated heterocycles. The number of rotatable bonds is 5. The van der Waals surface area contributed by atoms with Gasteiger partial charge in [0, 0.05) is 43.4 Å². The fourth-order valence-corrected chi connectivity index (χ4v) is 5.96. The topological polar surface area (TPSA) is 42.6 Å². The molecule has 1 atom stereocenters. The molecule has 1 aromatic heterocycles. The first-order chi connectivity index (χ1) is 16.0. The summed E-state index contributed by atoms with van der Waals surface area (Å²) in [5, 5.41) is 1.26. The Morgan fingerprint density at radius 2 is 1.85 bits per heavy atom. The summed E-state index contributed by atoms with van der Waals surface area (Å²) in [4.78, 5) is 23.7. The third kappa shape index (κ3) is 4.44. The Morgan fingerprint density at radius 1 is 1.06 bits per heavy atom. The average molecular weight is 445 g/mol. The SMILES string of the molecule is CN(C)C1(c2ccccc2)CCN(C(=O)C2CCCN(Cc3ccc4[nH]ccc4c3)C2)CC1. The van der Waals surface area contributed by atoms with Crippen molar-refractivity contribution in [2.45, 2.75) is 37.8 Å². The lowest BCUT2D eigenvalue weighted by molar-refractivity contribution is -0.140. The number of hydrogen-bond donors (Lipinski definition) is 1. The van der Waals surface area contributed by atoms with E-state index >= 15 is 0 Å². The van der Waals surface area contributed by atoms with Gasteiger partial charge >= 0.3 is 0 Å². The normalized spacial score (nSPS) is 21.5. The summed E-state index contributed by atoms with van der Waals surface area (Å²) in [7, 11) is 4.35. The largest absolute Gasteiger partial charge is 0.361 e. The highest BCUT2D eigenvalue weighted by molar-refractivity contribution is 5.80. The summed E-state index contributed by atoms with van der Waals surface area (Å²) < 4.78 is 0. The van der Waals surface area contributed by atoms with Gasteiger partial charge in [0.25, 0.3) is 0 Å². The molecule has 1 amide bonds. The maximum Gasteiger partial charge on any atom is 0.226 e. The van der Waals surface area contributed by atoms with Crippen molar-refractivity contribution in [3.63, 3.8) is 0 Å². The fourth-order valence-electron chi connectivity index (χ4n) is 5.96. The second kappa shape index (κ2) is 9.32. The van der Waals surface area contributed by atoms with Crippen LogP contribution in [0.4, 0.5) is 0 Å². The minimum Gasteiger partial charge on any atom is -0.361 e. The Morgan fingerprint density at radius 3 is 2.61 bits per heavy atom. The van der Waals surface area contributed by atoms with Crippen LogP contribution < -0.4 is 0 Å². The van der Waals surface area contributed by atoms with Gasteiger partial charge in [-0.15, -0.1) is 0 Å². The molecule has 2 aliphatic heterocycles. The number of amides is 1. The second-order valence-electron chi connectivity index (χ2n) is 10.1. The Labute approximate surface area is 197 Å². The van der Waals surface area contributed by atoms with Gasteiger partial charge in [0.05, 0.1) is 5.92 Å². The zero-order valence-electron chi connectivity index (χ0n) is 20.0. The van der Waals surface area contributed by atoms with Crippen LogP contribution in [-0.4, -0.2) is 65.9 Å². The van der Waals surface area contributed by atoms with Gasteiger partial charge in [-0.2, -0.15) is 0 Å². The smallest absolute Gasteiger partial charge is 0.226 e. The number of fused-ring (bicyclic) bond motifs is 1. The van der Waals surface area contributed by atoms with Crippen molar-refractivity contribution >= 4 is 16.8 Å². The van der Waals surface area contributed by atoms with Crippen LogP contribution >= 0.6 is 0 Å². The molecule has 3 heterocycles. The number of nitrogens with zero attached hydrogens (tertiary/aromatic N) is 3. The Hall–Kier alpha value is -2.63. The Bertz CT molecular complexity index is 1080. The van der Waals surface area contributed by atoms with Gasteiger partial charge in [-0.1, -0.05) is 36.4 Å². The molecular formula is C28H36N4O. The van der Waals surface area contributed by atoms with Gasteiger partial charge in [0.1, 0.15) is 0 Å². The number of aromatic amines is 1. The first-order valence-corrected chi connectivity index (χ1v) is 12.4. The number of aromatic nitrogens is 1. The number of carbonyl (C=O) groups excluding carboxylic acids is 1. The third-order valence-corrected chi connectivity index (χ3v) is 7.95.